The maximum Gasteiger partial charge on any atom is 0.137 e. The van der Waals surface area contributed by atoms with E-state index in [1.165, 1.54) is 20.8 Å². The molecule has 0 spiro atoms. The van der Waals surface area contributed by atoms with Crippen molar-refractivity contribution in [2.24, 2.45) is 0 Å². The molecule has 3 heterocycles. The number of pyridine rings is 1. The van der Waals surface area contributed by atoms with E-state index in [0.717, 1.165) is 26.2 Å². The molecular formula is C13H17N3S. The minimum absolute atomic E-state index is 1.08. The third-order valence-electron chi connectivity index (χ3n) is 3.35. The topological polar surface area (TPSA) is 19.4 Å². The maximum absolute atomic E-state index is 4.58. The van der Waals surface area contributed by atoms with Crippen molar-refractivity contribution in [2.75, 3.05) is 38.1 Å². The van der Waals surface area contributed by atoms with E-state index < -0.39 is 0 Å². The predicted octanol–water partition coefficient (Wildman–Crippen LogP) is 2.36. The zero-order valence-electron chi connectivity index (χ0n) is 10.3. The number of nitrogens with zero attached hydrogens (tertiary/aromatic N) is 3. The highest BCUT2D eigenvalue weighted by atomic mass is 32.1. The molecule has 1 fully saturated rings. The molecule has 0 atom stereocenters. The van der Waals surface area contributed by atoms with Crippen LogP contribution >= 0.6 is 11.3 Å². The molecule has 0 saturated carbocycles. The van der Waals surface area contributed by atoms with Crippen LogP contribution < -0.4 is 4.90 Å². The van der Waals surface area contributed by atoms with Crippen LogP contribution in [0, 0.1) is 6.92 Å². The molecule has 1 saturated heterocycles. The van der Waals surface area contributed by atoms with Crippen LogP contribution in [0.1, 0.15) is 4.88 Å². The van der Waals surface area contributed by atoms with Gasteiger partial charge < -0.3 is 9.80 Å². The minimum atomic E-state index is 1.08. The van der Waals surface area contributed by atoms with Crippen molar-refractivity contribution in [1.82, 2.24) is 9.88 Å². The lowest BCUT2D eigenvalue weighted by molar-refractivity contribution is 0.312. The number of rotatable bonds is 1. The third-order valence-corrected chi connectivity index (χ3v) is 4.37. The summed E-state index contributed by atoms with van der Waals surface area (Å²) in [5.41, 5.74) is 0. The fourth-order valence-electron chi connectivity index (χ4n) is 2.35. The number of likely N-dealkylation sites (N-methyl/N-ethyl adjacent to an activating group) is 1. The molecule has 0 unspecified atom stereocenters. The van der Waals surface area contributed by atoms with E-state index in [9.17, 15) is 0 Å². The Labute approximate surface area is 106 Å². The monoisotopic (exact) mass is 247 g/mol. The summed E-state index contributed by atoms with van der Waals surface area (Å²) in [6.07, 6.45) is 1.94. The number of anilines is 1. The van der Waals surface area contributed by atoms with Gasteiger partial charge in [-0.3, -0.25) is 0 Å². The lowest BCUT2D eigenvalue weighted by Gasteiger charge is -2.33. The van der Waals surface area contributed by atoms with Crippen molar-refractivity contribution < 1.29 is 0 Å². The number of fused-ring (bicyclic) bond motifs is 1. The van der Waals surface area contributed by atoms with Crippen molar-refractivity contribution in [2.45, 2.75) is 6.92 Å². The van der Waals surface area contributed by atoms with Gasteiger partial charge >= 0.3 is 0 Å². The first-order chi connectivity index (χ1) is 8.24. The minimum Gasteiger partial charge on any atom is -0.354 e. The van der Waals surface area contributed by atoms with E-state index >= 15 is 0 Å². The average Bonchev–Trinajstić information content (AvgIpc) is 2.70. The molecule has 0 N–H and O–H groups in total. The fraction of sp³-hybridized carbons (Fsp3) is 0.462. The second-order valence-electron chi connectivity index (χ2n) is 4.69. The molecule has 0 radical (unpaired) electrons. The van der Waals surface area contributed by atoms with Gasteiger partial charge in [0.05, 0.1) is 0 Å². The standard InChI is InChI=1S/C13H17N3S/c1-10-9-11-12(17-10)3-4-14-13(11)16-7-5-15(2)6-8-16/h3-4,9H,5-8H2,1-2H3. The Balaban J connectivity index is 1.99. The molecule has 0 amide bonds. The molecule has 0 bridgehead atoms. The van der Waals surface area contributed by atoms with Crippen molar-refractivity contribution in [3.63, 3.8) is 0 Å². The van der Waals surface area contributed by atoms with Crippen molar-refractivity contribution >= 4 is 27.2 Å². The van der Waals surface area contributed by atoms with Gasteiger partial charge in [0.15, 0.2) is 0 Å². The zero-order chi connectivity index (χ0) is 11.8. The lowest BCUT2D eigenvalue weighted by atomic mass is 10.2. The fourth-order valence-corrected chi connectivity index (χ4v) is 3.26. The Morgan fingerprint density at radius 1 is 1.24 bits per heavy atom. The largest absolute Gasteiger partial charge is 0.354 e. The first kappa shape index (κ1) is 11.0. The molecule has 2 aromatic heterocycles. The highest BCUT2D eigenvalue weighted by molar-refractivity contribution is 7.19. The summed E-state index contributed by atoms with van der Waals surface area (Å²) >= 11 is 1.85. The molecule has 1 aliphatic rings. The van der Waals surface area contributed by atoms with Gasteiger partial charge in [-0.05, 0) is 26.1 Å². The lowest BCUT2D eigenvalue weighted by Crippen LogP contribution is -2.44. The second-order valence-corrected chi connectivity index (χ2v) is 5.98. The van der Waals surface area contributed by atoms with Crippen molar-refractivity contribution in [3.05, 3.63) is 23.2 Å². The first-order valence-electron chi connectivity index (χ1n) is 6.03. The number of piperazine rings is 1. The quantitative estimate of drug-likeness (QED) is 0.771. The SMILES string of the molecule is Cc1cc2c(N3CCN(C)CC3)nccc2s1. The normalized spacial score (nSPS) is 17.9. The van der Waals surface area contributed by atoms with Crippen LogP contribution in [0.25, 0.3) is 10.1 Å². The summed E-state index contributed by atoms with van der Waals surface area (Å²) in [7, 11) is 2.18. The predicted molar refractivity (Wildman–Crippen MR) is 74.1 cm³/mol. The van der Waals surface area contributed by atoms with Crippen LogP contribution in [0.15, 0.2) is 18.3 Å². The number of aryl methyl sites for hydroxylation is 1. The van der Waals surface area contributed by atoms with Gasteiger partial charge in [0, 0.05) is 47.3 Å². The van der Waals surface area contributed by atoms with E-state index in [4.69, 9.17) is 0 Å². The summed E-state index contributed by atoms with van der Waals surface area (Å²) in [5, 5.41) is 1.32. The number of hydrogen-bond donors (Lipinski definition) is 0. The van der Waals surface area contributed by atoms with Crippen LogP contribution in [0.3, 0.4) is 0 Å². The van der Waals surface area contributed by atoms with Gasteiger partial charge in [-0.15, -0.1) is 11.3 Å². The Morgan fingerprint density at radius 3 is 2.76 bits per heavy atom. The summed E-state index contributed by atoms with van der Waals surface area (Å²) in [6.45, 7) is 6.58. The van der Waals surface area contributed by atoms with E-state index in [1.54, 1.807) is 0 Å². The Morgan fingerprint density at radius 2 is 2.00 bits per heavy atom. The van der Waals surface area contributed by atoms with Crippen LogP contribution in [0.5, 0.6) is 0 Å². The Kier molecular flexibility index (Phi) is 2.76. The number of hydrogen-bond acceptors (Lipinski definition) is 4. The van der Waals surface area contributed by atoms with E-state index in [-0.39, 0.29) is 0 Å². The molecule has 3 nitrogen and oxygen atoms in total. The van der Waals surface area contributed by atoms with Crippen LogP contribution in [-0.2, 0) is 0 Å². The van der Waals surface area contributed by atoms with Gasteiger partial charge in [-0.2, -0.15) is 0 Å². The number of aromatic nitrogens is 1. The summed E-state index contributed by atoms with van der Waals surface area (Å²) in [6, 6.07) is 4.38. The third kappa shape index (κ3) is 2.03. The molecule has 4 heteroatoms. The average molecular weight is 247 g/mol. The van der Waals surface area contributed by atoms with Gasteiger partial charge in [-0.1, -0.05) is 0 Å². The Hall–Kier alpha value is -1.13. The van der Waals surface area contributed by atoms with E-state index in [0.29, 0.717) is 0 Å². The van der Waals surface area contributed by atoms with Gasteiger partial charge in [0.1, 0.15) is 5.82 Å². The van der Waals surface area contributed by atoms with Crippen molar-refractivity contribution in [1.29, 1.82) is 0 Å². The van der Waals surface area contributed by atoms with Gasteiger partial charge in [0.2, 0.25) is 0 Å². The molecule has 17 heavy (non-hydrogen) atoms. The Bertz CT molecular complexity index is 526. The van der Waals surface area contributed by atoms with Gasteiger partial charge in [-0.25, -0.2) is 4.98 Å². The number of thiophene rings is 1. The molecule has 1 aliphatic heterocycles. The molecular weight excluding hydrogens is 230 g/mol. The first-order valence-corrected chi connectivity index (χ1v) is 6.84. The van der Waals surface area contributed by atoms with Crippen molar-refractivity contribution in [3.8, 4) is 0 Å². The second kappa shape index (κ2) is 4.27. The van der Waals surface area contributed by atoms with Crippen LogP contribution in [0.2, 0.25) is 0 Å². The highest BCUT2D eigenvalue weighted by Gasteiger charge is 2.17. The zero-order valence-corrected chi connectivity index (χ0v) is 11.1. The molecule has 3 rings (SSSR count). The van der Waals surface area contributed by atoms with Crippen LogP contribution in [0.4, 0.5) is 5.82 Å². The highest BCUT2D eigenvalue weighted by Crippen LogP contribution is 2.31. The van der Waals surface area contributed by atoms with Crippen LogP contribution in [-0.4, -0.2) is 43.1 Å². The molecule has 90 valence electrons. The summed E-state index contributed by atoms with van der Waals surface area (Å²) < 4.78 is 1.35. The van der Waals surface area contributed by atoms with E-state index in [2.05, 4.69) is 40.9 Å². The van der Waals surface area contributed by atoms with E-state index in [1.807, 2.05) is 17.5 Å². The summed E-state index contributed by atoms with van der Waals surface area (Å²) in [4.78, 5) is 10.7. The molecule has 0 aliphatic carbocycles. The molecule has 0 aromatic carbocycles. The molecule has 2 aromatic rings. The maximum atomic E-state index is 4.58. The smallest absolute Gasteiger partial charge is 0.137 e. The van der Waals surface area contributed by atoms with Gasteiger partial charge in [0.25, 0.3) is 0 Å². The summed E-state index contributed by atoms with van der Waals surface area (Å²) in [5.74, 6) is 1.17.